The minimum Gasteiger partial charge on any atom is -0.452 e. The highest BCUT2D eigenvalue weighted by atomic mass is 16.5. The quantitative estimate of drug-likeness (QED) is 0.693. The van der Waals surface area contributed by atoms with Crippen molar-refractivity contribution in [1.29, 1.82) is 0 Å². The van der Waals surface area contributed by atoms with Gasteiger partial charge in [-0.2, -0.15) is 0 Å². The molecule has 0 aromatic heterocycles. The van der Waals surface area contributed by atoms with Crippen LogP contribution in [0.4, 0.5) is 5.69 Å². The van der Waals surface area contributed by atoms with E-state index >= 15 is 0 Å². The van der Waals surface area contributed by atoms with Gasteiger partial charge in [0, 0.05) is 25.3 Å². The normalized spacial score (nSPS) is 10.4. The predicted molar refractivity (Wildman–Crippen MR) is 107 cm³/mol. The molecule has 0 heterocycles. The molecule has 0 saturated carbocycles. The zero-order valence-corrected chi connectivity index (χ0v) is 15.6. The van der Waals surface area contributed by atoms with Crippen molar-refractivity contribution in [3.8, 4) is 0 Å². The van der Waals surface area contributed by atoms with E-state index in [1.807, 2.05) is 30.3 Å². The third-order valence-electron chi connectivity index (χ3n) is 4.14. The molecule has 2 amide bonds. The Morgan fingerprint density at radius 3 is 2.18 bits per heavy atom. The molecule has 6 heteroatoms. The lowest BCUT2D eigenvalue weighted by atomic mass is 10.1. The van der Waals surface area contributed by atoms with E-state index in [4.69, 9.17) is 4.74 Å². The molecular formula is C22H20N2O4. The molecule has 1 N–H and O–H groups in total. The van der Waals surface area contributed by atoms with Crippen molar-refractivity contribution in [1.82, 2.24) is 4.90 Å². The standard InChI is InChI=1S/C22H20N2O4/c1-24(2)21(26)16-9-11-19(12-10-16)23-20(25)14-28-22(27)18-8-7-15-5-3-4-6-17(15)13-18/h3-13H,14H2,1-2H3,(H,23,25). The number of anilines is 1. The molecule has 0 aliphatic rings. The van der Waals surface area contributed by atoms with E-state index in [-0.39, 0.29) is 5.91 Å². The number of benzene rings is 3. The molecule has 0 spiro atoms. The molecule has 142 valence electrons. The highest BCUT2D eigenvalue weighted by Crippen LogP contribution is 2.16. The number of rotatable bonds is 5. The first-order valence-corrected chi connectivity index (χ1v) is 8.71. The molecule has 3 aromatic carbocycles. The SMILES string of the molecule is CN(C)C(=O)c1ccc(NC(=O)COC(=O)c2ccc3ccccc3c2)cc1. The number of hydrogen-bond donors (Lipinski definition) is 1. The lowest BCUT2D eigenvalue weighted by Gasteiger charge is -2.11. The monoisotopic (exact) mass is 376 g/mol. The molecule has 0 unspecified atom stereocenters. The van der Waals surface area contributed by atoms with Crippen LogP contribution in [0.1, 0.15) is 20.7 Å². The van der Waals surface area contributed by atoms with Gasteiger partial charge in [-0.3, -0.25) is 9.59 Å². The highest BCUT2D eigenvalue weighted by molar-refractivity contribution is 5.98. The Morgan fingerprint density at radius 2 is 1.50 bits per heavy atom. The summed E-state index contributed by atoms with van der Waals surface area (Å²) in [6.45, 7) is -0.399. The lowest BCUT2D eigenvalue weighted by molar-refractivity contribution is -0.119. The minimum absolute atomic E-state index is 0.123. The average molecular weight is 376 g/mol. The molecule has 0 radical (unpaired) electrons. The Labute approximate surface area is 162 Å². The van der Waals surface area contributed by atoms with Gasteiger partial charge in [-0.1, -0.05) is 30.3 Å². The fraction of sp³-hybridized carbons (Fsp3) is 0.136. The molecule has 6 nitrogen and oxygen atoms in total. The molecular weight excluding hydrogens is 356 g/mol. The molecule has 0 aliphatic heterocycles. The second kappa shape index (κ2) is 8.35. The fourth-order valence-electron chi connectivity index (χ4n) is 2.68. The number of nitrogens with zero attached hydrogens (tertiary/aromatic N) is 1. The van der Waals surface area contributed by atoms with E-state index < -0.39 is 18.5 Å². The lowest BCUT2D eigenvalue weighted by Crippen LogP contribution is -2.22. The van der Waals surface area contributed by atoms with Crippen LogP contribution in [0, 0.1) is 0 Å². The third-order valence-corrected chi connectivity index (χ3v) is 4.14. The first-order valence-electron chi connectivity index (χ1n) is 8.71. The largest absolute Gasteiger partial charge is 0.452 e. The summed E-state index contributed by atoms with van der Waals surface area (Å²) >= 11 is 0. The Morgan fingerprint density at radius 1 is 0.857 bits per heavy atom. The van der Waals surface area contributed by atoms with Crippen LogP contribution in [0.2, 0.25) is 0 Å². The summed E-state index contributed by atoms with van der Waals surface area (Å²) in [7, 11) is 3.34. The van der Waals surface area contributed by atoms with Crippen molar-refractivity contribution in [2.45, 2.75) is 0 Å². The Hall–Kier alpha value is -3.67. The summed E-state index contributed by atoms with van der Waals surface area (Å²) < 4.78 is 5.09. The second-order valence-electron chi connectivity index (χ2n) is 6.46. The predicted octanol–water partition coefficient (Wildman–Crippen LogP) is 3.34. The van der Waals surface area contributed by atoms with Gasteiger partial charge in [0.25, 0.3) is 11.8 Å². The summed E-state index contributed by atoms with van der Waals surface area (Å²) in [6, 6.07) is 19.4. The third kappa shape index (κ3) is 4.54. The molecule has 3 rings (SSSR count). The van der Waals surface area contributed by atoms with Crippen molar-refractivity contribution in [2.75, 3.05) is 26.0 Å². The van der Waals surface area contributed by atoms with Crippen LogP contribution < -0.4 is 5.32 Å². The molecule has 28 heavy (non-hydrogen) atoms. The smallest absolute Gasteiger partial charge is 0.338 e. The number of amides is 2. The van der Waals surface area contributed by atoms with Crippen LogP contribution in [0.25, 0.3) is 10.8 Å². The molecule has 0 saturated heterocycles. The highest BCUT2D eigenvalue weighted by Gasteiger charge is 2.12. The first kappa shape index (κ1) is 19.1. The number of hydrogen-bond acceptors (Lipinski definition) is 4. The van der Waals surface area contributed by atoms with Crippen LogP contribution in [0.3, 0.4) is 0 Å². The van der Waals surface area contributed by atoms with Gasteiger partial charge in [-0.05, 0) is 47.2 Å². The molecule has 0 aliphatic carbocycles. The molecule has 3 aromatic rings. The number of esters is 1. The van der Waals surface area contributed by atoms with Gasteiger partial charge in [0.2, 0.25) is 0 Å². The zero-order chi connectivity index (χ0) is 20.1. The number of carbonyl (C=O) groups excluding carboxylic acids is 3. The van der Waals surface area contributed by atoms with Crippen molar-refractivity contribution in [3.63, 3.8) is 0 Å². The van der Waals surface area contributed by atoms with E-state index in [0.717, 1.165) is 10.8 Å². The summed E-state index contributed by atoms with van der Waals surface area (Å²) in [4.78, 5) is 37.5. The summed E-state index contributed by atoms with van der Waals surface area (Å²) in [5.74, 6) is -1.14. The van der Waals surface area contributed by atoms with Gasteiger partial charge in [0.1, 0.15) is 0 Å². The summed E-state index contributed by atoms with van der Waals surface area (Å²) in [6.07, 6.45) is 0. The van der Waals surface area contributed by atoms with E-state index in [9.17, 15) is 14.4 Å². The number of nitrogens with one attached hydrogen (secondary N) is 1. The zero-order valence-electron chi connectivity index (χ0n) is 15.6. The van der Waals surface area contributed by atoms with Crippen molar-refractivity contribution >= 4 is 34.2 Å². The van der Waals surface area contributed by atoms with Crippen LogP contribution in [-0.2, 0) is 9.53 Å². The van der Waals surface area contributed by atoms with Crippen LogP contribution >= 0.6 is 0 Å². The van der Waals surface area contributed by atoms with Gasteiger partial charge in [-0.15, -0.1) is 0 Å². The average Bonchev–Trinajstić information content (AvgIpc) is 2.71. The van der Waals surface area contributed by atoms with Gasteiger partial charge < -0.3 is 15.0 Å². The van der Waals surface area contributed by atoms with Gasteiger partial charge >= 0.3 is 5.97 Å². The second-order valence-corrected chi connectivity index (χ2v) is 6.46. The van der Waals surface area contributed by atoms with E-state index in [0.29, 0.717) is 16.8 Å². The van der Waals surface area contributed by atoms with Crippen molar-refractivity contribution < 1.29 is 19.1 Å². The fourth-order valence-corrected chi connectivity index (χ4v) is 2.68. The van der Waals surface area contributed by atoms with Crippen molar-refractivity contribution in [3.05, 3.63) is 77.9 Å². The first-order chi connectivity index (χ1) is 13.4. The van der Waals surface area contributed by atoms with Crippen molar-refractivity contribution in [2.24, 2.45) is 0 Å². The summed E-state index contributed by atoms with van der Waals surface area (Å²) in [5, 5.41) is 4.58. The molecule has 0 fully saturated rings. The molecule has 0 bridgehead atoms. The van der Waals surface area contributed by atoms with Crippen LogP contribution in [0.15, 0.2) is 66.7 Å². The van der Waals surface area contributed by atoms with Crippen LogP contribution in [-0.4, -0.2) is 43.4 Å². The Kier molecular flexibility index (Phi) is 5.69. The van der Waals surface area contributed by atoms with Gasteiger partial charge in [0.05, 0.1) is 5.56 Å². The van der Waals surface area contributed by atoms with Gasteiger partial charge in [-0.25, -0.2) is 4.79 Å². The maximum absolute atomic E-state index is 12.2. The van der Waals surface area contributed by atoms with E-state index in [2.05, 4.69) is 5.32 Å². The topological polar surface area (TPSA) is 75.7 Å². The van der Waals surface area contributed by atoms with E-state index in [1.54, 1.807) is 50.5 Å². The number of ether oxygens (including phenoxy) is 1. The summed E-state index contributed by atoms with van der Waals surface area (Å²) in [5.41, 5.74) is 1.42. The molecule has 0 atom stereocenters. The number of carbonyl (C=O) groups is 3. The Balaban J connectivity index is 1.56. The van der Waals surface area contributed by atoms with Gasteiger partial charge in [0.15, 0.2) is 6.61 Å². The Bertz CT molecular complexity index is 1030. The maximum atomic E-state index is 12.2. The minimum atomic E-state index is -0.562. The number of fused-ring (bicyclic) bond motifs is 1. The maximum Gasteiger partial charge on any atom is 0.338 e. The van der Waals surface area contributed by atoms with E-state index in [1.165, 1.54) is 4.90 Å². The van der Waals surface area contributed by atoms with Crippen LogP contribution in [0.5, 0.6) is 0 Å².